The van der Waals surface area contributed by atoms with Crippen LogP contribution in [0.4, 0.5) is 11.4 Å². The zero-order valence-corrected chi connectivity index (χ0v) is 11.9. The average molecular weight is 328 g/mol. The maximum atomic E-state index is 10.7. The number of hydrogen-bond acceptors (Lipinski definition) is 5. The third-order valence-corrected chi connectivity index (χ3v) is 4.06. The Labute approximate surface area is 116 Å². The standard InChI is InChI=1S/C11H10BrN3O2S/c1-7(11-5-13-6-18-11)14-10-4-8(15(16)17)2-3-9(10)12/h2-7,14H,1H3. The van der Waals surface area contributed by atoms with E-state index in [4.69, 9.17) is 0 Å². The number of nitro groups is 1. The maximum absolute atomic E-state index is 10.7. The van der Waals surface area contributed by atoms with Gasteiger partial charge in [-0.3, -0.25) is 15.1 Å². The summed E-state index contributed by atoms with van der Waals surface area (Å²) in [5, 5.41) is 14.0. The van der Waals surface area contributed by atoms with Crippen LogP contribution in [0, 0.1) is 10.1 Å². The van der Waals surface area contributed by atoms with E-state index in [1.165, 1.54) is 12.1 Å². The van der Waals surface area contributed by atoms with Crippen molar-refractivity contribution in [3.63, 3.8) is 0 Å². The largest absolute Gasteiger partial charge is 0.377 e. The molecule has 1 aromatic carbocycles. The number of halogens is 1. The van der Waals surface area contributed by atoms with Crippen LogP contribution in [0.2, 0.25) is 0 Å². The quantitative estimate of drug-likeness (QED) is 0.681. The van der Waals surface area contributed by atoms with Gasteiger partial charge in [0.05, 0.1) is 22.2 Å². The first kappa shape index (κ1) is 13.0. The minimum absolute atomic E-state index is 0.0517. The molecule has 2 rings (SSSR count). The van der Waals surface area contributed by atoms with Crippen LogP contribution in [0.25, 0.3) is 0 Å². The molecule has 0 radical (unpaired) electrons. The van der Waals surface area contributed by atoms with Crippen molar-refractivity contribution in [2.24, 2.45) is 0 Å². The van der Waals surface area contributed by atoms with Gasteiger partial charge in [-0.25, -0.2) is 0 Å². The summed E-state index contributed by atoms with van der Waals surface area (Å²) < 4.78 is 0.796. The Morgan fingerprint density at radius 3 is 2.94 bits per heavy atom. The van der Waals surface area contributed by atoms with Crippen LogP contribution >= 0.6 is 27.3 Å². The molecule has 0 aliphatic carbocycles. The van der Waals surface area contributed by atoms with Crippen LogP contribution in [0.5, 0.6) is 0 Å². The van der Waals surface area contributed by atoms with Crippen molar-refractivity contribution in [2.45, 2.75) is 13.0 Å². The molecule has 0 bridgehead atoms. The lowest BCUT2D eigenvalue weighted by Crippen LogP contribution is -2.05. The second-order valence-electron chi connectivity index (χ2n) is 3.69. The van der Waals surface area contributed by atoms with Crippen LogP contribution < -0.4 is 5.32 Å². The fourth-order valence-corrected chi connectivity index (χ4v) is 2.47. The molecule has 7 heteroatoms. The summed E-state index contributed by atoms with van der Waals surface area (Å²) in [4.78, 5) is 15.4. The van der Waals surface area contributed by atoms with Crippen LogP contribution in [0.15, 0.2) is 34.4 Å². The number of anilines is 1. The zero-order chi connectivity index (χ0) is 13.1. The van der Waals surface area contributed by atoms with Gasteiger partial charge in [-0.05, 0) is 28.9 Å². The van der Waals surface area contributed by atoms with E-state index in [9.17, 15) is 10.1 Å². The van der Waals surface area contributed by atoms with Gasteiger partial charge in [0.25, 0.3) is 5.69 Å². The van der Waals surface area contributed by atoms with E-state index in [1.807, 2.05) is 6.92 Å². The fraction of sp³-hybridized carbons (Fsp3) is 0.182. The lowest BCUT2D eigenvalue weighted by atomic mass is 10.2. The Kier molecular flexibility index (Phi) is 3.93. The first-order valence-corrected chi connectivity index (χ1v) is 6.84. The predicted octanol–water partition coefficient (Wildman–Crippen LogP) is 3.99. The Hall–Kier alpha value is -1.47. The molecule has 0 saturated heterocycles. The van der Waals surface area contributed by atoms with E-state index in [0.29, 0.717) is 5.69 Å². The third kappa shape index (κ3) is 2.85. The van der Waals surface area contributed by atoms with E-state index < -0.39 is 4.92 Å². The number of nitrogens with zero attached hydrogens (tertiary/aromatic N) is 2. The van der Waals surface area contributed by atoms with Gasteiger partial charge in [0.1, 0.15) is 0 Å². The van der Waals surface area contributed by atoms with Gasteiger partial charge in [0, 0.05) is 27.7 Å². The summed E-state index contributed by atoms with van der Waals surface area (Å²) in [5.41, 5.74) is 2.53. The highest BCUT2D eigenvalue weighted by atomic mass is 79.9. The van der Waals surface area contributed by atoms with Crippen LogP contribution in [0.3, 0.4) is 0 Å². The summed E-state index contributed by atoms with van der Waals surface area (Å²) in [6, 6.07) is 4.70. The van der Waals surface area contributed by atoms with Gasteiger partial charge < -0.3 is 5.32 Å². The van der Waals surface area contributed by atoms with Gasteiger partial charge in [-0.2, -0.15) is 0 Å². The molecular formula is C11H10BrN3O2S. The number of nitro benzene ring substituents is 1. The minimum atomic E-state index is -0.408. The van der Waals surface area contributed by atoms with Gasteiger partial charge in [0.15, 0.2) is 0 Å². The van der Waals surface area contributed by atoms with Crippen molar-refractivity contribution in [1.29, 1.82) is 0 Å². The molecule has 1 heterocycles. The molecule has 0 aliphatic rings. The molecule has 18 heavy (non-hydrogen) atoms. The highest BCUT2D eigenvalue weighted by Gasteiger charge is 2.13. The number of thiazole rings is 1. The Bertz CT molecular complexity index is 559. The van der Waals surface area contributed by atoms with Gasteiger partial charge in [-0.15, -0.1) is 11.3 Å². The van der Waals surface area contributed by atoms with Crippen molar-refractivity contribution >= 4 is 38.6 Å². The molecule has 2 aromatic rings. The van der Waals surface area contributed by atoms with Crippen LogP contribution in [0.1, 0.15) is 17.8 Å². The number of rotatable bonds is 4. The second kappa shape index (κ2) is 5.45. The van der Waals surface area contributed by atoms with E-state index in [1.54, 1.807) is 29.1 Å². The van der Waals surface area contributed by atoms with E-state index >= 15 is 0 Å². The first-order chi connectivity index (χ1) is 8.58. The van der Waals surface area contributed by atoms with Crippen molar-refractivity contribution in [1.82, 2.24) is 4.98 Å². The predicted molar refractivity (Wildman–Crippen MR) is 74.9 cm³/mol. The molecule has 1 N–H and O–H groups in total. The molecular weight excluding hydrogens is 318 g/mol. The topological polar surface area (TPSA) is 68.1 Å². The average Bonchev–Trinajstić information content (AvgIpc) is 2.85. The van der Waals surface area contributed by atoms with E-state index in [-0.39, 0.29) is 11.7 Å². The normalized spacial score (nSPS) is 12.1. The van der Waals surface area contributed by atoms with Crippen molar-refractivity contribution in [3.8, 4) is 0 Å². The number of hydrogen-bond donors (Lipinski definition) is 1. The maximum Gasteiger partial charge on any atom is 0.271 e. The molecule has 0 fully saturated rings. The molecule has 0 aliphatic heterocycles. The highest BCUT2D eigenvalue weighted by molar-refractivity contribution is 9.10. The number of benzene rings is 1. The third-order valence-electron chi connectivity index (χ3n) is 2.41. The van der Waals surface area contributed by atoms with Crippen molar-refractivity contribution in [3.05, 3.63) is 49.4 Å². The molecule has 5 nitrogen and oxygen atoms in total. The minimum Gasteiger partial charge on any atom is -0.377 e. The van der Waals surface area contributed by atoms with Crippen LogP contribution in [-0.2, 0) is 0 Å². The Morgan fingerprint density at radius 2 is 2.33 bits per heavy atom. The molecule has 94 valence electrons. The van der Waals surface area contributed by atoms with Crippen molar-refractivity contribution < 1.29 is 4.92 Å². The monoisotopic (exact) mass is 327 g/mol. The molecule has 1 atom stereocenters. The molecule has 0 saturated carbocycles. The summed E-state index contributed by atoms with van der Waals surface area (Å²) in [6.07, 6.45) is 1.79. The summed E-state index contributed by atoms with van der Waals surface area (Å²) in [5.74, 6) is 0. The SMILES string of the molecule is CC(Nc1cc([N+](=O)[O-])ccc1Br)c1cncs1. The first-order valence-electron chi connectivity index (χ1n) is 5.17. The van der Waals surface area contributed by atoms with Gasteiger partial charge >= 0.3 is 0 Å². The molecule has 0 amide bonds. The van der Waals surface area contributed by atoms with E-state index in [2.05, 4.69) is 26.2 Å². The number of non-ortho nitro benzene ring substituents is 1. The number of nitrogens with one attached hydrogen (secondary N) is 1. The van der Waals surface area contributed by atoms with Crippen molar-refractivity contribution in [2.75, 3.05) is 5.32 Å². The van der Waals surface area contributed by atoms with Crippen LogP contribution in [-0.4, -0.2) is 9.91 Å². The summed E-state index contributed by atoms with van der Waals surface area (Å²) in [7, 11) is 0. The summed E-state index contributed by atoms with van der Waals surface area (Å²) in [6.45, 7) is 1.98. The lowest BCUT2D eigenvalue weighted by Gasteiger charge is -2.14. The molecule has 1 aromatic heterocycles. The Balaban J connectivity index is 2.23. The lowest BCUT2D eigenvalue weighted by molar-refractivity contribution is -0.384. The Morgan fingerprint density at radius 1 is 1.56 bits per heavy atom. The summed E-state index contributed by atoms with van der Waals surface area (Å²) >= 11 is 4.92. The highest BCUT2D eigenvalue weighted by Crippen LogP contribution is 2.30. The molecule has 0 spiro atoms. The zero-order valence-electron chi connectivity index (χ0n) is 9.46. The molecule has 1 unspecified atom stereocenters. The smallest absolute Gasteiger partial charge is 0.271 e. The van der Waals surface area contributed by atoms with Gasteiger partial charge in [0.2, 0.25) is 0 Å². The van der Waals surface area contributed by atoms with E-state index in [0.717, 1.165) is 9.35 Å². The number of aromatic nitrogens is 1. The second-order valence-corrected chi connectivity index (χ2v) is 5.46. The van der Waals surface area contributed by atoms with Gasteiger partial charge in [-0.1, -0.05) is 0 Å². The fourth-order valence-electron chi connectivity index (χ4n) is 1.48.